The standard InChI is InChI=1S/C15H18ClNO4/c1-20-9-13(4-5-18)17-15(19)11-6-10-7-12(16)2-3-14(10)21-8-11/h2-3,6-7,13,18H,4-5,8-9H2,1H3,(H,17,19). The van der Waals surface area contributed by atoms with Crippen molar-refractivity contribution in [3.63, 3.8) is 0 Å². The van der Waals surface area contributed by atoms with Crippen molar-refractivity contribution in [1.29, 1.82) is 0 Å². The highest BCUT2D eigenvalue weighted by Crippen LogP contribution is 2.28. The van der Waals surface area contributed by atoms with Crippen molar-refractivity contribution < 1.29 is 19.4 Å². The van der Waals surface area contributed by atoms with Gasteiger partial charge in [-0.2, -0.15) is 0 Å². The molecule has 2 rings (SSSR count). The number of ether oxygens (including phenoxy) is 2. The van der Waals surface area contributed by atoms with Gasteiger partial charge in [0, 0.05) is 24.3 Å². The molecule has 0 fully saturated rings. The van der Waals surface area contributed by atoms with Crippen molar-refractivity contribution in [2.75, 3.05) is 26.9 Å². The molecule has 0 radical (unpaired) electrons. The van der Waals surface area contributed by atoms with Crippen LogP contribution in [0.25, 0.3) is 6.08 Å². The van der Waals surface area contributed by atoms with Gasteiger partial charge in [0.15, 0.2) is 0 Å². The summed E-state index contributed by atoms with van der Waals surface area (Å²) < 4.78 is 10.6. The van der Waals surface area contributed by atoms with Crippen molar-refractivity contribution in [2.45, 2.75) is 12.5 Å². The quantitative estimate of drug-likeness (QED) is 0.838. The van der Waals surface area contributed by atoms with E-state index in [0.29, 0.717) is 29.4 Å². The maximum Gasteiger partial charge on any atom is 0.250 e. The van der Waals surface area contributed by atoms with Crippen molar-refractivity contribution >= 4 is 23.6 Å². The fourth-order valence-corrected chi connectivity index (χ4v) is 2.29. The molecule has 0 saturated heterocycles. The van der Waals surface area contributed by atoms with Crippen LogP contribution in [0.4, 0.5) is 0 Å². The van der Waals surface area contributed by atoms with Gasteiger partial charge in [-0.05, 0) is 30.7 Å². The van der Waals surface area contributed by atoms with Crippen LogP contribution in [0.1, 0.15) is 12.0 Å². The molecule has 1 amide bonds. The normalized spacial score (nSPS) is 14.7. The number of aliphatic hydroxyl groups excluding tert-OH is 1. The van der Waals surface area contributed by atoms with Gasteiger partial charge in [0.1, 0.15) is 12.4 Å². The molecule has 0 aromatic heterocycles. The van der Waals surface area contributed by atoms with E-state index in [1.807, 2.05) is 0 Å². The van der Waals surface area contributed by atoms with Crippen LogP contribution in [-0.4, -0.2) is 44.0 Å². The van der Waals surface area contributed by atoms with Gasteiger partial charge >= 0.3 is 0 Å². The Bertz CT molecular complexity index is 538. The first-order valence-electron chi connectivity index (χ1n) is 6.67. The number of carbonyl (C=O) groups is 1. The molecule has 1 heterocycles. The number of nitrogens with one attached hydrogen (secondary N) is 1. The van der Waals surface area contributed by atoms with Crippen molar-refractivity contribution in [3.8, 4) is 5.75 Å². The highest BCUT2D eigenvalue weighted by Gasteiger charge is 2.20. The number of hydrogen-bond donors (Lipinski definition) is 2. The van der Waals surface area contributed by atoms with Gasteiger partial charge in [0.2, 0.25) is 0 Å². The lowest BCUT2D eigenvalue weighted by atomic mass is 10.1. The molecule has 21 heavy (non-hydrogen) atoms. The number of aliphatic hydroxyl groups is 1. The Morgan fingerprint density at radius 1 is 1.57 bits per heavy atom. The molecular formula is C15H18ClNO4. The van der Waals surface area contributed by atoms with Crippen LogP contribution in [0.2, 0.25) is 5.02 Å². The third-order valence-electron chi connectivity index (χ3n) is 3.16. The van der Waals surface area contributed by atoms with E-state index in [1.54, 1.807) is 31.4 Å². The Balaban J connectivity index is 2.09. The van der Waals surface area contributed by atoms with Crippen LogP contribution in [-0.2, 0) is 9.53 Å². The van der Waals surface area contributed by atoms with Crippen LogP contribution in [0, 0.1) is 0 Å². The minimum atomic E-state index is -0.228. The molecule has 1 aromatic carbocycles. The predicted molar refractivity (Wildman–Crippen MR) is 80.4 cm³/mol. The van der Waals surface area contributed by atoms with Crippen LogP contribution >= 0.6 is 11.6 Å². The molecule has 0 aliphatic carbocycles. The summed E-state index contributed by atoms with van der Waals surface area (Å²) in [4.78, 5) is 12.2. The zero-order valence-corrected chi connectivity index (χ0v) is 12.5. The maximum atomic E-state index is 12.2. The van der Waals surface area contributed by atoms with Gasteiger partial charge in [-0.1, -0.05) is 11.6 Å². The SMILES string of the molecule is COCC(CCO)NC(=O)C1=Cc2cc(Cl)ccc2OC1. The lowest BCUT2D eigenvalue weighted by molar-refractivity contribution is -0.118. The Kier molecular flexibility index (Phi) is 5.61. The fourth-order valence-electron chi connectivity index (χ4n) is 2.11. The van der Waals surface area contributed by atoms with E-state index in [2.05, 4.69) is 5.32 Å². The van der Waals surface area contributed by atoms with Crippen LogP contribution in [0.15, 0.2) is 23.8 Å². The lowest BCUT2D eigenvalue weighted by Gasteiger charge is -2.21. The molecule has 1 aliphatic heterocycles. The number of benzene rings is 1. The molecule has 0 saturated carbocycles. The van der Waals surface area contributed by atoms with E-state index in [-0.39, 0.29) is 25.2 Å². The van der Waals surface area contributed by atoms with E-state index in [1.165, 1.54) is 0 Å². The summed E-state index contributed by atoms with van der Waals surface area (Å²) in [6, 6.07) is 5.05. The van der Waals surface area contributed by atoms with E-state index >= 15 is 0 Å². The van der Waals surface area contributed by atoms with E-state index < -0.39 is 0 Å². The second-order valence-electron chi connectivity index (χ2n) is 4.78. The highest BCUT2D eigenvalue weighted by molar-refractivity contribution is 6.30. The first-order chi connectivity index (χ1) is 10.1. The van der Waals surface area contributed by atoms with Crippen molar-refractivity contribution in [1.82, 2.24) is 5.32 Å². The summed E-state index contributed by atoms with van der Waals surface area (Å²) in [6.07, 6.45) is 2.21. The third kappa shape index (κ3) is 4.20. The summed E-state index contributed by atoms with van der Waals surface area (Å²) in [5.74, 6) is 0.482. The molecule has 0 bridgehead atoms. The van der Waals surface area contributed by atoms with Gasteiger partial charge in [-0.15, -0.1) is 0 Å². The second-order valence-corrected chi connectivity index (χ2v) is 5.21. The predicted octanol–water partition coefficient (Wildman–Crippen LogP) is 1.63. The summed E-state index contributed by atoms with van der Waals surface area (Å²) in [5, 5.41) is 12.4. The minimum absolute atomic E-state index is 0.0116. The Hall–Kier alpha value is -1.56. The average Bonchev–Trinajstić information content (AvgIpc) is 2.47. The molecular weight excluding hydrogens is 294 g/mol. The molecule has 1 unspecified atom stereocenters. The monoisotopic (exact) mass is 311 g/mol. The zero-order chi connectivity index (χ0) is 15.2. The molecule has 0 spiro atoms. The van der Waals surface area contributed by atoms with Crippen LogP contribution < -0.4 is 10.1 Å². The third-order valence-corrected chi connectivity index (χ3v) is 3.39. The molecule has 114 valence electrons. The van der Waals surface area contributed by atoms with Crippen molar-refractivity contribution in [3.05, 3.63) is 34.4 Å². The van der Waals surface area contributed by atoms with Crippen molar-refractivity contribution in [2.24, 2.45) is 0 Å². The van der Waals surface area contributed by atoms with Gasteiger partial charge < -0.3 is 19.9 Å². The first kappa shape index (κ1) is 15.8. The lowest BCUT2D eigenvalue weighted by Crippen LogP contribution is -2.40. The second kappa shape index (κ2) is 7.45. The molecule has 1 aromatic rings. The average molecular weight is 312 g/mol. The van der Waals surface area contributed by atoms with Crippen LogP contribution in [0.3, 0.4) is 0 Å². The van der Waals surface area contributed by atoms with Gasteiger partial charge in [0.05, 0.1) is 18.2 Å². The summed E-state index contributed by atoms with van der Waals surface area (Å²) in [7, 11) is 1.55. The summed E-state index contributed by atoms with van der Waals surface area (Å²) in [5.41, 5.74) is 1.30. The number of carbonyl (C=O) groups excluding carboxylic acids is 1. The Morgan fingerprint density at radius 2 is 2.38 bits per heavy atom. The molecule has 5 nitrogen and oxygen atoms in total. The smallest absolute Gasteiger partial charge is 0.250 e. The molecule has 6 heteroatoms. The minimum Gasteiger partial charge on any atom is -0.488 e. The number of fused-ring (bicyclic) bond motifs is 1. The van der Waals surface area contributed by atoms with E-state index in [0.717, 1.165) is 5.56 Å². The fraction of sp³-hybridized carbons (Fsp3) is 0.400. The number of halogens is 1. The van der Waals surface area contributed by atoms with Gasteiger partial charge in [-0.3, -0.25) is 4.79 Å². The van der Waals surface area contributed by atoms with Crippen LogP contribution in [0.5, 0.6) is 5.75 Å². The highest BCUT2D eigenvalue weighted by atomic mass is 35.5. The Morgan fingerprint density at radius 3 is 3.10 bits per heavy atom. The topological polar surface area (TPSA) is 67.8 Å². The van der Waals surface area contributed by atoms with E-state index in [9.17, 15) is 4.79 Å². The van der Waals surface area contributed by atoms with Gasteiger partial charge in [-0.25, -0.2) is 0 Å². The van der Waals surface area contributed by atoms with E-state index in [4.69, 9.17) is 26.2 Å². The number of amides is 1. The summed E-state index contributed by atoms with van der Waals surface area (Å²) in [6.45, 7) is 0.546. The number of hydrogen-bond acceptors (Lipinski definition) is 4. The largest absolute Gasteiger partial charge is 0.488 e. The zero-order valence-electron chi connectivity index (χ0n) is 11.8. The molecule has 1 aliphatic rings. The van der Waals surface area contributed by atoms with Gasteiger partial charge in [0.25, 0.3) is 5.91 Å². The molecule has 1 atom stereocenters. The molecule has 2 N–H and O–H groups in total. The summed E-state index contributed by atoms with van der Waals surface area (Å²) >= 11 is 5.94. The number of methoxy groups -OCH3 is 1. The number of rotatable bonds is 6. The first-order valence-corrected chi connectivity index (χ1v) is 7.05. The Labute approximate surface area is 128 Å². The maximum absolute atomic E-state index is 12.2.